The maximum atomic E-state index is 13.3. The molecule has 2 aromatic carbocycles. The molecule has 0 amide bonds. The van der Waals surface area contributed by atoms with Crippen LogP contribution in [0.4, 0.5) is 0 Å². The predicted molar refractivity (Wildman–Crippen MR) is 122 cm³/mol. The summed E-state index contributed by atoms with van der Waals surface area (Å²) in [5, 5.41) is 1.32. The van der Waals surface area contributed by atoms with Gasteiger partial charge in [-0.25, -0.2) is 0 Å². The van der Waals surface area contributed by atoms with Crippen molar-refractivity contribution in [3.05, 3.63) is 94.4 Å². The van der Waals surface area contributed by atoms with E-state index in [0.717, 1.165) is 16.5 Å². The van der Waals surface area contributed by atoms with Crippen LogP contribution in [0.5, 0.6) is 5.75 Å². The van der Waals surface area contributed by atoms with Gasteiger partial charge in [0.05, 0.1) is 19.0 Å². The number of carbonyl (C=O) groups excluding carboxylic acids is 2. The molecule has 2 heterocycles. The lowest BCUT2D eigenvalue weighted by atomic mass is 10.1. The third kappa shape index (κ3) is 4.36. The Balaban J connectivity index is 1.69. The van der Waals surface area contributed by atoms with Gasteiger partial charge in [0.15, 0.2) is 0 Å². The smallest absolute Gasteiger partial charge is 0.310 e. The maximum Gasteiger partial charge on any atom is 0.310 e. The van der Waals surface area contributed by atoms with E-state index in [4.69, 9.17) is 21.1 Å². The number of esters is 1. The minimum absolute atomic E-state index is 0.0292. The molecule has 7 heteroatoms. The van der Waals surface area contributed by atoms with Gasteiger partial charge in [-0.3, -0.25) is 19.1 Å². The van der Waals surface area contributed by atoms with E-state index >= 15 is 0 Å². The highest BCUT2D eigenvalue weighted by Gasteiger charge is 2.22. The standard InChI is InChI=1S/C25H21ClN2O4/c1-16-21(14-24(29)32-15-17-9-11-27-12-10-17)22-13-20(31-2)7-8-23(22)28(16)25(30)18-3-5-19(26)6-4-18/h3-13H,14-15H2,1-2H3. The Hall–Kier alpha value is -3.64. The topological polar surface area (TPSA) is 70.4 Å². The molecular formula is C25H21ClN2O4. The molecule has 0 aliphatic heterocycles. The van der Waals surface area contributed by atoms with E-state index in [1.165, 1.54) is 0 Å². The monoisotopic (exact) mass is 448 g/mol. The Morgan fingerprint density at radius 2 is 1.75 bits per heavy atom. The number of rotatable bonds is 6. The van der Waals surface area contributed by atoms with E-state index in [1.54, 1.807) is 66.5 Å². The average Bonchev–Trinajstić information content (AvgIpc) is 3.08. The summed E-state index contributed by atoms with van der Waals surface area (Å²) < 4.78 is 12.4. The molecule has 0 atom stereocenters. The van der Waals surface area contributed by atoms with Gasteiger partial charge in [0.25, 0.3) is 5.91 Å². The van der Waals surface area contributed by atoms with Gasteiger partial charge in [-0.15, -0.1) is 0 Å². The van der Waals surface area contributed by atoms with Crippen molar-refractivity contribution in [1.29, 1.82) is 0 Å². The van der Waals surface area contributed by atoms with E-state index in [0.29, 0.717) is 27.5 Å². The van der Waals surface area contributed by atoms with Crippen molar-refractivity contribution in [2.45, 2.75) is 20.0 Å². The van der Waals surface area contributed by atoms with Crippen LogP contribution >= 0.6 is 11.6 Å². The third-order valence-electron chi connectivity index (χ3n) is 5.31. The van der Waals surface area contributed by atoms with E-state index < -0.39 is 0 Å². The largest absolute Gasteiger partial charge is 0.497 e. The molecular weight excluding hydrogens is 428 g/mol. The molecule has 0 spiro atoms. The number of fused-ring (bicyclic) bond motifs is 1. The fraction of sp³-hybridized carbons (Fsp3) is 0.160. The number of carbonyl (C=O) groups is 2. The zero-order valence-electron chi connectivity index (χ0n) is 17.7. The van der Waals surface area contributed by atoms with Gasteiger partial charge in [0.1, 0.15) is 12.4 Å². The van der Waals surface area contributed by atoms with Crippen molar-refractivity contribution in [1.82, 2.24) is 9.55 Å². The highest BCUT2D eigenvalue weighted by Crippen LogP contribution is 2.31. The van der Waals surface area contributed by atoms with E-state index in [1.807, 2.05) is 19.1 Å². The molecule has 4 aromatic rings. The van der Waals surface area contributed by atoms with Crippen LogP contribution in [0.1, 0.15) is 27.2 Å². The molecule has 0 radical (unpaired) electrons. The Kier molecular flexibility index (Phi) is 6.23. The SMILES string of the molecule is COc1ccc2c(c1)c(CC(=O)OCc1ccncc1)c(C)n2C(=O)c1ccc(Cl)cc1. The second-order valence-corrected chi connectivity index (χ2v) is 7.72. The summed E-state index contributed by atoms with van der Waals surface area (Å²) in [5.41, 5.74) is 3.44. The van der Waals surface area contributed by atoms with Crippen molar-refractivity contribution in [2.75, 3.05) is 7.11 Å². The van der Waals surface area contributed by atoms with E-state index in [2.05, 4.69) is 4.98 Å². The number of pyridine rings is 1. The van der Waals surface area contributed by atoms with Gasteiger partial charge < -0.3 is 9.47 Å². The van der Waals surface area contributed by atoms with Crippen molar-refractivity contribution < 1.29 is 19.1 Å². The Morgan fingerprint density at radius 1 is 1.03 bits per heavy atom. The van der Waals surface area contributed by atoms with E-state index in [-0.39, 0.29) is 24.9 Å². The Labute approximate surface area is 190 Å². The normalized spacial score (nSPS) is 10.8. The quantitative estimate of drug-likeness (QED) is 0.389. The highest BCUT2D eigenvalue weighted by molar-refractivity contribution is 6.30. The first-order valence-corrected chi connectivity index (χ1v) is 10.4. The van der Waals surface area contributed by atoms with Crippen LogP contribution in [0.3, 0.4) is 0 Å². The van der Waals surface area contributed by atoms with Crippen LogP contribution in [0.15, 0.2) is 67.0 Å². The molecule has 0 saturated carbocycles. The maximum absolute atomic E-state index is 13.3. The van der Waals surface area contributed by atoms with Crippen LogP contribution in [-0.4, -0.2) is 28.5 Å². The van der Waals surface area contributed by atoms with Gasteiger partial charge in [-0.1, -0.05) is 11.6 Å². The first-order chi connectivity index (χ1) is 15.5. The van der Waals surface area contributed by atoms with Gasteiger partial charge in [-0.2, -0.15) is 0 Å². The number of ether oxygens (including phenoxy) is 2. The molecule has 6 nitrogen and oxygen atoms in total. The molecule has 0 fully saturated rings. The lowest BCUT2D eigenvalue weighted by Gasteiger charge is -2.08. The van der Waals surface area contributed by atoms with Crippen LogP contribution < -0.4 is 4.74 Å². The van der Waals surface area contributed by atoms with E-state index in [9.17, 15) is 9.59 Å². The van der Waals surface area contributed by atoms with Crippen LogP contribution in [0.2, 0.25) is 5.02 Å². The number of hydrogen-bond donors (Lipinski definition) is 0. The summed E-state index contributed by atoms with van der Waals surface area (Å²) in [6, 6.07) is 15.7. The first kappa shape index (κ1) is 21.6. The molecule has 162 valence electrons. The van der Waals surface area contributed by atoms with Crippen molar-refractivity contribution >= 4 is 34.4 Å². The number of aromatic nitrogens is 2. The number of benzene rings is 2. The number of methoxy groups -OCH3 is 1. The van der Waals surface area contributed by atoms with Gasteiger partial charge in [0, 0.05) is 34.1 Å². The molecule has 4 rings (SSSR count). The summed E-state index contributed by atoms with van der Waals surface area (Å²) >= 11 is 5.97. The van der Waals surface area contributed by atoms with Crippen LogP contribution in [0, 0.1) is 6.92 Å². The highest BCUT2D eigenvalue weighted by atomic mass is 35.5. The minimum Gasteiger partial charge on any atom is -0.497 e. The summed E-state index contributed by atoms with van der Waals surface area (Å²) in [4.78, 5) is 29.9. The summed E-state index contributed by atoms with van der Waals surface area (Å²) in [6.45, 7) is 1.98. The summed E-state index contributed by atoms with van der Waals surface area (Å²) in [5.74, 6) is 0.0523. The fourth-order valence-electron chi connectivity index (χ4n) is 3.63. The molecule has 0 saturated heterocycles. The Morgan fingerprint density at radius 3 is 2.44 bits per heavy atom. The minimum atomic E-state index is -0.384. The molecule has 0 unspecified atom stereocenters. The van der Waals surface area contributed by atoms with Gasteiger partial charge in [-0.05, 0) is 72.6 Å². The molecule has 32 heavy (non-hydrogen) atoms. The zero-order chi connectivity index (χ0) is 22.7. The van der Waals surface area contributed by atoms with Crippen molar-refractivity contribution in [3.8, 4) is 5.75 Å². The third-order valence-corrected chi connectivity index (χ3v) is 5.56. The lowest BCUT2D eigenvalue weighted by Crippen LogP contribution is -2.14. The number of hydrogen-bond acceptors (Lipinski definition) is 5. The second-order valence-electron chi connectivity index (χ2n) is 7.29. The fourth-order valence-corrected chi connectivity index (χ4v) is 3.76. The molecule has 2 aromatic heterocycles. The zero-order valence-corrected chi connectivity index (χ0v) is 18.4. The van der Waals surface area contributed by atoms with Crippen LogP contribution in [-0.2, 0) is 22.6 Å². The molecule has 0 aliphatic carbocycles. The van der Waals surface area contributed by atoms with Gasteiger partial charge >= 0.3 is 5.97 Å². The Bertz CT molecular complexity index is 1280. The number of halogens is 1. The second kappa shape index (κ2) is 9.24. The predicted octanol–water partition coefficient (Wildman–Crippen LogP) is 4.98. The number of nitrogens with zero attached hydrogens (tertiary/aromatic N) is 2. The van der Waals surface area contributed by atoms with Gasteiger partial charge in [0.2, 0.25) is 0 Å². The molecule has 0 bridgehead atoms. The van der Waals surface area contributed by atoms with Crippen LogP contribution in [0.25, 0.3) is 10.9 Å². The molecule has 0 aliphatic rings. The lowest BCUT2D eigenvalue weighted by molar-refractivity contribution is -0.144. The summed E-state index contributed by atoms with van der Waals surface area (Å²) in [7, 11) is 1.58. The first-order valence-electron chi connectivity index (χ1n) is 10.0. The van der Waals surface area contributed by atoms with Crippen molar-refractivity contribution in [2.24, 2.45) is 0 Å². The van der Waals surface area contributed by atoms with Crippen molar-refractivity contribution in [3.63, 3.8) is 0 Å². The summed E-state index contributed by atoms with van der Waals surface area (Å²) in [6.07, 6.45) is 3.33. The molecule has 0 N–H and O–H groups in total. The average molecular weight is 449 g/mol.